The maximum absolute atomic E-state index is 4.63. The van der Waals surface area contributed by atoms with Crippen LogP contribution in [0, 0.1) is 5.92 Å². The second-order valence-electron chi connectivity index (χ2n) is 4.40. The standard InChI is InChI=1S/C12H16BrN3/c1-4-9-11-8(13)6-14-12(11)16-10(15-9)5-7(2)3/h6-7H,4-5H2,1-3H3,(H,14,15,16). The Hall–Kier alpha value is -0.900. The summed E-state index contributed by atoms with van der Waals surface area (Å²) in [5.74, 6) is 1.52. The first-order valence-corrected chi connectivity index (χ1v) is 6.43. The summed E-state index contributed by atoms with van der Waals surface area (Å²) >= 11 is 3.52. The monoisotopic (exact) mass is 281 g/mol. The van der Waals surface area contributed by atoms with Crippen LogP contribution in [0.5, 0.6) is 0 Å². The number of nitrogens with one attached hydrogen (secondary N) is 1. The van der Waals surface area contributed by atoms with Crippen molar-refractivity contribution in [2.45, 2.75) is 33.6 Å². The predicted octanol–water partition coefficient (Wildman–Crippen LogP) is 3.48. The molecule has 0 bridgehead atoms. The van der Waals surface area contributed by atoms with Crippen LogP contribution in [0.3, 0.4) is 0 Å². The average molecular weight is 282 g/mol. The van der Waals surface area contributed by atoms with Crippen molar-refractivity contribution in [3.05, 3.63) is 22.2 Å². The molecular weight excluding hydrogens is 266 g/mol. The van der Waals surface area contributed by atoms with Crippen LogP contribution in [0.25, 0.3) is 11.0 Å². The molecule has 2 aromatic heterocycles. The minimum absolute atomic E-state index is 0.584. The number of hydrogen-bond acceptors (Lipinski definition) is 2. The predicted molar refractivity (Wildman–Crippen MR) is 69.5 cm³/mol. The molecule has 1 N–H and O–H groups in total. The maximum atomic E-state index is 4.63. The Kier molecular flexibility index (Phi) is 3.28. The lowest BCUT2D eigenvalue weighted by Gasteiger charge is -2.06. The maximum Gasteiger partial charge on any atom is 0.142 e. The van der Waals surface area contributed by atoms with Gasteiger partial charge in [-0.15, -0.1) is 0 Å². The van der Waals surface area contributed by atoms with Gasteiger partial charge < -0.3 is 4.98 Å². The van der Waals surface area contributed by atoms with E-state index in [0.717, 1.165) is 39.9 Å². The van der Waals surface area contributed by atoms with Crippen molar-refractivity contribution in [3.63, 3.8) is 0 Å². The van der Waals surface area contributed by atoms with Gasteiger partial charge in [0.25, 0.3) is 0 Å². The van der Waals surface area contributed by atoms with Crippen molar-refractivity contribution in [2.24, 2.45) is 5.92 Å². The number of halogens is 1. The summed E-state index contributed by atoms with van der Waals surface area (Å²) in [6.45, 7) is 6.49. The van der Waals surface area contributed by atoms with Crippen molar-refractivity contribution in [2.75, 3.05) is 0 Å². The van der Waals surface area contributed by atoms with E-state index in [1.807, 2.05) is 6.20 Å². The van der Waals surface area contributed by atoms with Crippen molar-refractivity contribution in [3.8, 4) is 0 Å². The van der Waals surface area contributed by atoms with E-state index in [1.54, 1.807) is 0 Å². The summed E-state index contributed by atoms with van der Waals surface area (Å²) in [5, 5.41) is 1.12. The molecule has 0 saturated heterocycles. The molecule has 16 heavy (non-hydrogen) atoms. The molecule has 0 amide bonds. The third-order valence-corrected chi connectivity index (χ3v) is 3.16. The zero-order chi connectivity index (χ0) is 11.7. The van der Waals surface area contributed by atoms with Crippen LogP contribution in [-0.4, -0.2) is 15.0 Å². The zero-order valence-electron chi connectivity index (χ0n) is 9.84. The van der Waals surface area contributed by atoms with E-state index in [2.05, 4.69) is 51.7 Å². The molecule has 0 fully saturated rings. The molecular formula is C12H16BrN3. The van der Waals surface area contributed by atoms with Crippen molar-refractivity contribution < 1.29 is 0 Å². The molecule has 3 nitrogen and oxygen atoms in total. The molecule has 0 aromatic carbocycles. The summed E-state index contributed by atoms with van der Waals surface area (Å²) in [5.41, 5.74) is 2.06. The fraction of sp³-hybridized carbons (Fsp3) is 0.500. The molecule has 0 aliphatic rings. The second kappa shape index (κ2) is 4.53. The normalized spacial score (nSPS) is 11.6. The van der Waals surface area contributed by atoms with Gasteiger partial charge in [-0.1, -0.05) is 20.8 Å². The molecule has 2 rings (SSSR count). The van der Waals surface area contributed by atoms with Crippen LogP contribution in [0.4, 0.5) is 0 Å². The summed E-state index contributed by atoms with van der Waals surface area (Å²) in [7, 11) is 0. The first kappa shape index (κ1) is 11.6. The highest BCUT2D eigenvalue weighted by Gasteiger charge is 2.11. The smallest absolute Gasteiger partial charge is 0.142 e. The van der Waals surface area contributed by atoms with E-state index >= 15 is 0 Å². The number of rotatable bonds is 3. The molecule has 0 radical (unpaired) electrons. The highest BCUT2D eigenvalue weighted by atomic mass is 79.9. The van der Waals surface area contributed by atoms with Gasteiger partial charge in [-0.25, -0.2) is 9.97 Å². The first-order chi connectivity index (χ1) is 7.61. The Morgan fingerprint density at radius 1 is 1.38 bits per heavy atom. The second-order valence-corrected chi connectivity index (χ2v) is 5.25. The minimum Gasteiger partial charge on any atom is -0.345 e. The summed E-state index contributed by atoms with van der Waals surface area (Å²) in [4.78, 5) is 12.4. The van der Waals surface area contributed by atoms with E-state index in [0.29, 0.717) is 5.92 Å². The van der Waals surface area contributed by atoms with Gasteiger partial charge in [-0.3, -0.25) is 0 Å². The zero-order valence-corrected chi connectivity index (χ0v) is 11.4. The van der Waals surface area contributed by atoms with E-state index in [-0.39, 0.29) is 0 Å². The van der Waals surface area contributed by atoms with Gasteiger partial charge in [-0.2, -0.15) is 0 Å². The van der Waals surface area contributed by atoms with Crippen molar-refractivity contribution in [1.29, 1.82) is 0 Å². The first-order valence-electron chi connectivity index (χ1n) is 5.64. The molecule has 0 aliphatic heterocycles. The lowest BCUT2D eigenvalue weighted by Crippen LogP contribution is -2.04. The number of hydrogen-bond donors (Lipinski definition) is 1. The largest absolute Gasteiger partial charge is 0.345 e. The lowest BCUT2D eigenvalue weighted by molar-refractivity contribution is 0.620. The topological polar surface area (TPSA) is 41.6 Å². The van der Waals surface area contributed by atoms with Crippen LogP contribution in [0.15, 0.2) is 10.7 Å². The molecule has 0 unspecified atom stereocenters. The number of aromatic nitrogens is 3. The Balaban J connectivity index is 2.56. The van der Waals surface area contributed by atoms with Gasteiger partial charge in [0.2, 0.25) is 0 Å². The summed E-state index contributed by atoms with van der Waals surface area (Å²) in [6, 6.07) is 0. The SMILES string of the molecule is CCc1nc(CC(C)C)nc2[nH]cc(Br)c12. The van der Waals surface area contributed by atoms with Crippen LogP contribution in [0.2, 0.25) is 0 Å². The number of nitrogens with zero attached hydrogens (tertiary/aromatic N) is 2. The minimum atomic E-state index is 0.584. The number of H-pyrrole nitrogens is 1. The molecule has 2 heterocycles. The third kappa shape index (κ3) is 2.12. The summed E-state index contributed by atoms with van der Waals surface area (Å²) in [6.07, 6.45) is 3.79. The Labute approximate surface area is 104 Å². The highest BCUT2D eigenvalue weighted by molar-refractivity contribution is 9.10. The van der Waals surface area contributed by atoms with Gasteiger partial charge in [0.1, 0.15) is 11.5 Å². The van der Waals surface area contributed by atoms with E-state index in [1.165, 1.54) is 0 Å². The highest BCUT2D eigenvalue weighted by Crippen LogP contribution is 2.25. The number of fused-ring (bicyclic) bond motifs is 1. The van der Waals surface area contributed by atoms with E-state index in [9.17, 15) is 0 Å². The lowest BCUT2D eigenvalue weighted by atomic mass is 10.1. The van der Waals surface area contributed by atoms with Gasteiger partial charge in [0.05, 0.1) is 11.1 Å². The van der Waals surface area contributed by atoms with Gasteiger partial charge in [0, 0.05) is 17.1 Å². The van der Waals surface area contributed by atoms with Crippen LogP contribution in [-0.2, 0) is 12.8 Å². The van der Waals surface area contributed by atoms with Crippen LogP contribution < -0.4 is 0 Å². The van der Waals surface area contributed by atoms with E-state index in [4.69, 9.17) is 0 Å². The Morgan fingerprint density at radius 3 is 2.75 bits per heavy atom. The molecule has 0 aliphatic carbocycles. The molecule has 0 spiro atoms. The van der Waals surface area contributed by atoms with Crippen LogP contribution in [0.1, 0.15) is 32.3 Å². The molecule has 0 atom stereocenters. The van der Waals surface area contributed by atoms with Gasteiger partial charge >= 0.3 is 0 Å². The average Bonchev–Trinajstić information content (AvgIpc) is 2.58. The van der Waals surface area contributed by atoms with Gasteiger partial charge in [-0.05, 0) is 28.3 Å². The van der Waals surface area contributed by atoms with Crippen molar-refractivity contribution in [1.82, 2.24) is 15.0 Å². The molecule has 2 aromatic rings. The number of aryl methyl sites for hydroxylation is 1. The molecule has 86 valence electrons. The van der Waals surface area contributed by atoms with Crippen LogP contribution >= 0.6 is 15.9 Å². The fourth-order valence-corrected chi connectivity index (χ4v) is 2.36. The summed E-state index contributed by atoms with van der Waals surface area (Å²) < 4.78 is 1.05. The van der Waals surface area contributed by atoms with Crippen molar-refractivity contribution >= 4 is 27.0 Å². The third-order valence-electron chi connectivity index (χ3n) is 2.53. The Bertz CT molecular complexity index is 502. The number of aromatic amines is 1. The van der Waals surface area contributed by atoms with E-state index < -0.39 is 0 Å². The molecule has 4 heteroatoms. The van der Waals surface area contributed by atoms with Gasteiger partial charge in [0.15, 0.2) is 0 Å². The Morgan fingerprint density at radius 2 is 2.12 bits per heavy atom. The fourth-order valence-electron chi connectivity index (χ4n) is 1.83. The quantitative estimate of drug-likeness (QED) is 0.936. The molecule has 0 saturated carbocycles.